The van der Waals surface area contributed by atoms with Gasteiger partial charge >= 0.3 is 0 Å². The number of aromatic nitrogens is 4. The highest BCUT2D eigenvalue weighted by Crippen LogP contribution is 2.33. The van der Waals surface area contributed by atoms with E-state index in [1.54, 1.807) is 29.0 Å². The summed E-state index contributed by atoms with van der Waals surface area (Å²) < 4.78 is 1.66. The van der Waals surface area contributed by atoms with Gasteiger partial charge in [0.2, 0.25) is 5.95 Å². The third-order valence-electron chi connectivity index (χ3n) is 5.36. The predicted molar refractivity (Wildman–Crippen MR) is 112 cm³/mol. The molecule has 3 heterocycles. The summed E-state index contributed by atoms with van der Waals surface area (Å²) in [7, 11) is 0. The molecule has 1 aromatic carbocycles. The first-order valence-electron chi connectivity index (χ1n) is 9.44. The Balaban J connectivity index is 1.75. The second-order valence-electron chi connectivity index (χ2n) is 7.77. The predicted octanol–water partition coefficient (Wildman–Crippen LogP) is 3.08. The van der Waals surface area contributed by atoms with Crippen molar-refractivity contribution in [3.63, 3.8) is 0 Å². The van der Waals surface area contributed by atoms with Crippen LogP contribution in [0.2, 0.25) is 5.02 Å². The molecule has 3 aromatic rings. The maximum atomic E-state index is 12.8. The van der Waals surface area contributed by atoms with Gasteiger partial charge in [-0.15, -0.1) is 0 Å². The molecular formula is C21H22ClN5O2. The van der Waals surface area contributed by atoms with E-state index in [1.165, 1.54) is 12.4 Å². The summed E-state index contributed by atoms with van der Waals surface area (Å²) in [6.07, 6.45) is 3.06. The van der Waals surface area contributed by atoms with Crippen LogP contribution in [-0.2, 0) is 6.54 Å². The standard InChI is InChI=1S/C21H22ClN5O2/c1-21(2)8-10-26-19(29)11-17(16-7-9-23-13-24-16)25-20(26)27(21)12-18(28)14-3-5-15(22)6-4-14/h3-7,9,11,13,18,28H,8,10,12H2,1-2H3. The van der Waals surface area contributed by atoms with E-state index in [-0.39, 0.29) is 11.1 Å². The van der Waals surface area contributed by atoms with Gasteiger partial charge in [0.25, 0.3) is 5.56 Å². The third kappa shape index (κ3) is 3.88. The molecule has 150 valence electrons. The molecule has 1 unspecified atom stereocenters. The fourth-order valence-corrected chi connectivity index (χ4v) is 3.69. The summed E-state index contributed by atoms with van der Waals surface area (Å²) in [5.41, 5.74) is 1.42. The summed E-state index contributed by atoms with van der Waals surface area (Å²) in [6, 6.07) is 10.3. The lowest BCUT2D eigenvalue weighted by Crippen LogP contribution is -2.53. The number of hydrogen-bond donors (Lipinski definition) is 1. The Morgan fingerprint density at radius 3 is 2.66 bits per heavy atom. The van der Waals surface area contributed by atoms with E-state index in [0.29, 0.717) is 35.4 Å². The monoisotopic (exact) mass is 411 g/mol. The summed E-state index contributed by atoms with van der Waals surface area (Å²) >= 11 is 5.96. The van der Waals surface area contributed by atoms with Gasteiger partial charge in [-0.25, -0.2) is 15.0 Å². The number of halogens is 1. The smallest absolute Gasteiger partial charge is 0.255 e. The third-order valence-corrected chi connectivity index (χ3v) is 5.61. The molecule has 4 rings (SSSR count). The first kappa shape index (κ1) is 19.5. The molecule has 1 atom stereocenters. The molecular weight excluding hydrogens is 390 g/mol. The lowest BCUT2D eigenvalue weighted by Gasteiger charge is -2.45. The van der Waals surface area contributed by atoms with Crippen molar-refractivity contribution in [2.24, 2.45) is 0 Å². The Kier molecular flexibility index (Phi) is 5.10. The van der Waals surface area contributed by atoms with Gasteiger partial charge < -0.3 is 10.0 Å². The molecule has 7 nitrogen and oxygen atoms in total. The number of β-amino-alcohol motifs (C(OH)–C–C–N with tert-alkyl or cyclic N) is 1. The molecule has 0 amide bonds. The SMILES string of the molecule is CC1(C)CCn2c(nc(-c3ccncn3)cc2=O)N1CC(O)c1ccc(Cl)cc1. The summed E-state index contributed by atoms with van der Waals surface area (Å²) in [4.78, 5) is 27.7. The van der Waals surface area contributed by atoms with Gasteiger partial charge in [-0.2, -0.15) is 0 Å². The Bertz CT molecular complexity index is 1070. The van der Waals surface area contributed by atoms with Gasteiger partial charge in [0.05, 0.1) is 24.0 Å². The molecule has 0 aliphatic carbocycles. The number of fused-ring (bicyclic) bond motifs is 1. The van der Waals surface area contributed by atoms with Gasteiger partial charge in [-0.1, -0.05) is 23.7 Å². The molecule has 0 saturated carbocycles. The quantitative estimate of drug-likeness (QED) is 0.710. The van der Waals surface area contributed by atoms with Crippen molar-refractivity contribution in [3.8, 4) is 11.4 Å². The van der Waals surface area contributed by atoms with Crippen LogP contribution in [0.3, 0.4) is 0 Å². The van der Waals surface area contributed by atoms with Crippen molar-refractivity contribution >= 4 is 17.5 Å². The molecule has 29 heavy (non-hydrogen) atoms. The lowest BCUT2D eigenvalue weighted by molar-refractivity contribution is 0.169. The van der Waals surface area contributed by atoms with Crippen LogP contribution in [-0.4, -0.2) is 36.7 Å². The molecule has 0 radical (unpaired) electrons. The van der Waals surface area contributed by atoms with Gasteiger partial charge in [-0.3, -0.25) is 9.36 Å². The zero-order valence-electron chi connectivity index (χ0n) is 16.3. The fourth-order valence-electron chi connectivity index (χ4n) is 3.57. The Labute approximate surface area is 173 Å². The highest BCUT2D eigenvalue weighted by Gasteiger charge is 2.36. The number of anilines is 1. The number of hydrogen-bond acceptors (Lipinski definition) is 6. The van der Waals surface area contributed by atoms with Crippen molar-refractivity contribution in [1.82, 2.24) is 19.5 Å². The van der Waals surface area contributed by atoms with Gasteiger partial charge in [0, 0.05) is 29.4 Å². The molecule has 8 heteroatoms. The lowest BCUT2D eigenvalue weighted by atomic mass is 9.95. The first-order valence-corrected chi connectivity index (χ1v) is 9.82. The molecule has 0 bridgehead atoms. The van der Waals surface area contributed by atoms with Crippen LogP contribution in [0.4, 0.5) is 5.95 Å². The van der Waals surface area contributed by atoms with Crippen molar-refractivity contribution in [2.75, 3.05) is 11.4 Å². The van der Waals surface area contributed by atoms with Crippen molar-refractivity contribution in [2.45, 2.75) is 38.5 Å². The zero-order chi connectivity index (χ0) is 20.6. The number of rotatable bonds is 4. The van der Waals surface area contributed by atoms with Crippen molar-refractivity contribution < 1.29 is 5.11 Å². The van der Waals surface area contributed by atoms with E-state index in [4.69, 9.17) is 16.6 Å². The highest BCUT2D eigenvalue weighted by molar-refractivity contribution is 6.30. The molecule has 0 saturated heterocycles. The van der Waals surface area contributed by atoms with Crippen LogP contribution in [0.5, 0.6) is 0 Å². The van der Waals surface area contributed by atoms with E-state index in [0.717, 1.165) is 12.0 Å². The largest absolute Gasteiger partial charge is 0.387 e. The van der Waals surface area contributed by atoms with Crippen LogP contribution in [0.25, 0.3) is 11.4 Å². The average Bonchev–Trinajstić information content (AvgIpc) is 2.71. The van der Waals surface area contributed by atoms with E-state index < -0.39 is 6.10 Å². The summed E-state index contributed by atoms with van der Waals surface area (Å²) in [5, 5.41) is 11.5. The van der Waals surface area contributed by atoms with E-state index in [1.807, 2.05) is 17.0 Å². The maximum absolute atomic E-state index is 12.8. The molecule has 1 N–H and O–H groups in total. The van der Waals surface area contributed by atoms with Crippen LogP contribution >= 0.6 is 11.6 Å². The van der Waals surface area contributed by atoms with Crippen LogP contribution in [0.15, 0.2) is 53.7 Å². The number of aliphatic hydroxyl groups is 1. The second-order valence-corrected chi connectivity index (χ2v) is 8.20. The maximum Gasteiger partial charge on any atom is 0.255 e. The van der Waals surface area contributed by atoms with Crippen LogP contribution in [0, 0.1) is 0 Å². The van der Waals surface area contributed by atoms with E-state index in [2.05, 4.69) is 23.8 Å². The van der Waals surface area contributed by atoms with Gasteiger partial charge in [0.1, 0.15) is 6.33 Å². The minimum atomic E-state index is -0.752. The molecule has 2 aromatic heterocycles. The molecule has 1 aliphatic heterocycles. The minimum absolute atomic E-state index is 0.134. The van der Waals surface area contributed by atoms with Gasteiger partial charge in [-0.05, 0) is 44.0 Å². The minimum Gasteiger partial charge on any atom is -0.387 e. The van der Waals surface area contributed by atoms with E-state index >= 15 is 0 Å². The average molecular weight is 412 g/mol. The van der Waals surface area contributed by atoms with Crippen LogP contribution in [0.1, 0.15) is 31.9 Å². The highest BCUT2D eigenvalue weighted by atomic mass is 35.5. The van der Waals surface area contributed by atoms with E-state index in [9.17, 15) is 9.90 Å². The molecule has 0 spiro atoms. The Morgan fingerprint density at radius 1 is 1.21 bits per heavy atom. The molecule has 0 fully saturated rings. The summed E-state index contributed by atoms with van der Waals surface area (Å²) in [5.74, 6) is 0.537. The number of benzene rings is 1. The Hall–Kier alpha value is -2.77. The number of nitrogens with zero attached hydrogens (tertiary/aromatic N) is 5. The fraction of sp³-hybridized carbons (Fsp3) is 0.333. The zero-order valence-corrected chi connectivity index (χ0v) is 17.0. The second kappa shape index (κ2) is 7.57. The Morgan fingerprint density at radius 2 is 1.97 bits per heavy atom. The summed E-state index contributed by atoms with van der Waals surface area (Å²) in [6.45, 7) is 5.06. The normalized spacial score (nSPS) is 16.3. The number of aliphatic hydroxyl groups excluding tert-OH is 1. The van der Waals surface area contributed by atoms with Crippen molar-refractivity contribution in [3.05, 3.63) is 69.9 Å². The topological polar surface area (TPSA) is 84.1 Å². The molecule has 1 aliphatic rings. The van der Waals surface area contributed by atoms with Crippen LogP contribution < -0.4 is 10.5 Å². The van der Waals surface area contributed by atoms with Gasteiger partial charge in [0.15, 0.2) is 0 Å². The first-order chi connectivity index (χ1) is 13.8. The van der Waals surface area contributed by atoms with Crippen molar-refractivity contribution in [1.29, 1.82) is 0 Å².